The molecule has 2 aromatic rings. The zero-order valence-corrected chi connectivity index (χ0v) is 15.1. The molecule has 0 aliphatic carbocycles. The Kier molecular flexibility index (Phi) is 6.48. The number of alkyl halides is 3. The number of primary amides is 1. The van der Waals surface area contributed by atoms with Crippen LogP contribution in [0.4, 0.5) is 24.0 Å². The molecular weight excluding hydrogens is 389 g/mol. The number of rotatable bonds is 7. The Morgan fingerprint density at radius 1 is 1.35 bits per heavy atom. The van der Waals surface area contributed by atoms with Gasteiger partial charge >= 0.3 is 6.18 Å². The summed E-state index contributed by atoms with van der Waals surface area (Å²) in [5.74, 6) is -0.811. The Labute approximate surface area is 155 Å². The van der Waals surface area contributed by atoms with Gasteiger partial charge in [-0.1, -0.05) is 17.4 Å². The van der Waals surface area contributed by atoms with Crippen LogP contribution < -0.4 is 16.4 Å². The Morgan fingerprint density at radius 2 is 2.08 bits per heavy atom. The lowest BCUT2D eigenvalue weighted by Crippen LogP contribution is -2.21. The van der Waals surface area contributed by atoms with Crippen molar-refractivity contribution in [1.29, 1.82) is 0 Å². The SMILES string of the molecule is Cc1nc(NC(=O)CNc2cccc(C(F)(F)F)c2)sc1SCC(N)=O. The first kappa shape index (κ1) is 20.0. The number of carbonyl (C=O) groups is 2. The molecule has 140 valence electrons. The molecule has 0 saturated heterocycles. The van der Waals surface area contributed by atoms with Crippen LogP contribution in [0.1, 0.15) is 11.3 Å². The second-order valence-corrected chi connectivity index (χ2v) is 7.37. The molecule has 0 aliphatic rings. The Morgan fingerprint density at radius 3 is 2.73 bits per heavy atom. The van der Waals surface area contributed by atoms with Gasteiger partial charge in [0, 0.05) is 5.69 Å². The molecule has 0 saturated carbocycles. The average Bonchev–Trinajstić information content (AvgIpc) is 2.90. The van der Waals surface area contributed by atoms with Gasteiger partial charge < -0.3 is 16.4 Å². The maximum absolute atomic E-state index is 12.7. The van der Waals surface area contributed by atoms with Gasteiger partial charge in [-0.25, -0.2) is 4.98 Å². The monoisotopic (exact) mass is 404 g/mol. The summed E-state index contributed by atoms with van der Waals surface area (Å²) < 4.78 is 38.7. The highest BCUT2D eigenvalue weighted by Crippen LogP contribution is 2.32. The molecule has 0 unspecified atom stereocenters. The van der Waals surface area contributed by atoms with E-state index in [0.29, 0.717) is 10.8 Å². The number of hydrogen-bond donors (Lipinski definition) is 3. The van der Waals surface area contributed by atoms with Crippen LogP contribution >= 0.6 is 23.1 Å². The largest absolute Gasteiger partial charge is 0.416 e. The molecule has 11 heteroatoms. The lowest BCUT2D eigenvalue weighted by Gasteiger charge is -2.10. The smallest absolute Gasteiger partial charge is 0.376 e. The molecule has 0 aliphatic heterocycles. The van der Waals surface area contributed by atoms with E-state index in [1.165, 1.54) is 35.2 Å². The van der Waals surface area contributed by atoms with Crippen LogP contribution in [-0.2, 0) is 15.8 Å². The molecule has 1 aromatic carbocycles. The van der Waals surface area contributed by atoms with Gasteiger partial charge in [0.2, 0.25) is 11.8 Å². The second kappa shape index (κ2) is 8.41. The van der Waals surface area contributed by atoms with Crippen molar-refractivity contribution < 1.29 is 22.8 Å². The molecule has 2 amide bonds. The molecule has 1 aromatic heterocycles. The molecule has 26 heavy (non-hydrogen) atoms. The number of benzene rings is 1. The number of amides is 2. The van der Waals surface area contributed by atoms with Gasteiger partial charge in [0.25, 0.3) is 0 Å². The minimum atomic E-state index is -4.45. The summed E-state index contributed by atoms with van der Waals surface area (Å²) in [5.41, 5.74) is 5.13. The van der Waals surface area contributed by atoms with Crippen LogP contribution in [0.25, 0.3) is 0 Å². The standard InChI is InChI=1S/C15H15F3N4O2S2/c1-8-13(25-7-11(19)23)26-14(21-8)22-12(24)6-20-10-4-2-3-9(5-10)15(16,17)18/h2-5,20H,6-7H2,1H3,(H2,19,23)(H,21,22,24). The molecule has 0 atom stereocenters. The number of anilines is 2. The molecule has 1 heterocycles. The first-order chi connectivity index (χ1) is 12.1. The van der Waals surface area contributed by atoms with E-state index in [-0.39, 0.29) is 18.0 Å². The summed E-state index contributed by atoms with van der Waals surface area (Å²) in [6.07, 6.45) is -4.45. The third-order valence-corrected chi connectivity index (χ3v) is 5.45. The average molecular weight is 404 g/mol. The molecule has 6 nitrogen and oxygen atoms in total. The van der Waals surface area contributed by atoms with Crippen molar-refractivity contribution in [3.05, 3.63) is 35.5 Å². The molecule has 0 spiro atoms. The van der Waals surface area contributed by atoms with Crippen molar-refractivity contribution >= 4 is 45.7 Å². The highest BCUT2D eigenvalue weighted by atomic mass is 32.2. The number of carbonyl (C=O) groups excluding carboxylic acids is 2. The van der Waals surface area contributed by atoms with E-state index >= 15 is 0 Å². The van der Waals surface area contributed by atoms with Gasteiger partial charge in [0.05, 0.1) is 27.8 Å². The van der Waals surface area contributed by atoms with Crippen LogP contribution in [-0.4, -0.2) is 29.1 Å². The van der Waals surface area contributed by atoms with E-state index in [2.05, 4.69) is 15.6 Å². The number of nitrogens with one attached hydrogen (secondary N) is 2. The summed E-state index contributed by atoms with van der Waals surface area (Å²) >= 11 is 2.42. The summed E-state index contributed by atoms with van der Waals surface area (Å²) in [7, 11) is 0. The third-order valence-electron chi connectivity index (χ3n) is 2.99. The minimum absolute atomic E-state index is 0.105. The quantitative estimate of drug-likeness (QED) is 0.616. The zero-order valence-electron chi connectivity index (χ0n) is 13.5. The molecule has 2 rings (SSSR count). The molecular formula is C15H15F3N4O2S2. The van der Waals surface area contributed by atoms with Crippen molar-refractivity contribution in [2.45, 2.75) is 17.3 Å². The van der Waals surface area contributed by atoms with Gasteiger partial charge in [-0.05, 0) is 25.1 Å². The lowest BCUT2D eigenvalue weighted by molar-refractivity contribution is -0.137. The number of aromatic nitrogens is 1. The fourth-order valence-corrected chi connectivity index (χ4v) is 3.75. The van der Waals surface area contributed by atoms with Crippen LogP contribution in [0.2, 0.25) is 0 Å². The number of halogens is 3. The van der Waals surface area contributed by atoms with Crippen molar-refractivity contribution in [1.82, 2.24) is 4.98 Å². The van der Waals surface area contributed by atoms with Gasteiger partial charge in [0.15, 0.2) is 5.13 Å². The van der Waals surface area contributed by atoms with E-state index in [9.17, 15) is 22.8 Å². The fraction of sp³-hybridized carbons (Fsp3) is 0.267. The first-order valence-electron chi connectivity index (χ1n) is 7.24. The van der Waals surface area contributed by atoms with Crippen molar-refractivity contribution in [2.24, 2.45) is 5.73 Å². The third kappa shape index (κ3) is 5.92. The van der Waals surface area contributed by atoms with Crippen molar-refractivity contribution in [2.75, 3.05) is 22.9 Å². The molecule has 0 bridgehead atoms. The predicted molar refractivity (Wildman–Crippen MR) is 95.3 cm³/mol. The minimum Gasteiger partial charge on any atom is -0.376 e. The summed E-state index contributed by atoms with van der Waals surface area (Å²) in [6.45, 7) is 1.51. The number of aryl methyl sites for hydroxylation is 1. The summed E-state index contributed by atoms with van der Waals surface area (Å²) in [5, 5.41) is 5.54. The number of thioether (sulfide) groups is 1. The zero-order chi connectivity index (χ0) is 19.3. The van der Waals surface area contributed by atoms with Crippen molar-refractivity contribution in [3.8, 4) is 0 Å². The van der Waals surface area contributed by atoms with Crippen LogP contribution in [0.15, 0.2) is 28.5 Å². The highest BCUT2D eigenvalue weighted by molar-refractivity contribution is 8.01. The second-order valence-electron chi connectivity index (χ2n) is 5.13. The van der Waals surface area contributed by atoms with Gasteiger partial charge in [-0.2, -0.15) is 13.2 Å². The molecule has 0 fully saturated rings. The Hall–Kier alpha value is -2.27. The highest BCUT2D eigenvalue weighted by Gasteiger charge is 2.30. The molecule has 4 N–H and O–H groups in total. The topological polar surface area (TPSA) is 97.1 Å². The van der Waals surface area contributed by atoms with E-state index in [1.807, 2.05) is 0 Å². The Bertz CT molecular complexity index is 808. The fourth-order valence-electron chi connectivity index (χ4n) is 1.86. The maximum atomic E-state index is 12.7. The van der Waals surface area contributed by atoms with E-state index in [1.54, 1.807) is 6.92 Å². The van der Waals surface area contributed by atoms with Crippen LogP contribution in [0, 0.1) is 6.92 Å². The Balaban J connectivity index is 1.91. The maximum Gasteiger partial charge on any atom is 0.416 e. The van der Waals surface area contributed by atoms with E-state index < -0.39 is 23.6 Å². The van der Waals surface area contributed by atoms with E-state index in [0.717, 1.165) is 16.3 Å². The van der Waals surface area contributed by atoms with Gasteiger partial charge in [-0.15, -0.1) is 11.8 Å². The predicted octanol–water partition coefficient (Wildman–Crippen LogP) is 3.10. The first-order valence-corrected chi connectivity index (χ1v) is 9.05. The number of nitrogens with two attached hydrogens (primary N) is 1. The number of hydrogen-bond acceptors (Lipinski definition) is 6. The summed E-state index contributed by atoms with van der Waals surface area (Å²) in [6, 6.07) is 4.58. The summed E-state index contributed by atoms with van der Waals surface area (Å²) in [4.78, 5) is 26.9. The number of nitrogens with zero attached hydrogens (tertiary/aromatic N) is 1. The van der Waals surface area contributed by atoms with Gasteiger partial charge in [-0.3, -0.25) is 9.59 Å². The van der Waals surface area contributed by atoms with Gasteiger partial charge in [0.1, 0.15) is 0 Å². The number of thiazole rings is 1. The lowest BCUT2D eigenvalue weighted by atomic mass is 10.2. The van der Waals surface area contributed by atoms with Crippen LogP contribution in [0.5, 0.6) is 0 Å². The normalized spacial score (nSPS) is 11.2. The van der Waals surface area contributed by atoms with E-state index in [4.69, 9.17) is 5.73 Å². The molecule has 0 radical (unpaired) electrons. The van der Waals surface area contributed by atoms with Crippen molar-refractivity contribution in [3.63, 3.8) is 0 Å². The van der Waals surface area contributed by atoms with Crippen LogP contribution in [0.3, 0.4) is 0 Å².